The SMILES string of the molecule is Cc1cccc(N2C(C(=O)c3ccccc3)C(=O)C(=O)C2c2ccc(C(=O)O)cc2)c1. The first kappa shape index (κ1) is 20.2. The fraction of sp³-hybridized carbons (Fsp3) is 0.120. The first-order chi connectivity index (χ1) is 14.9. The molecule has 1 saturated heterocycles. The van der Waals surface area contributed by atoms with E-state index in [4.69, 9.17) is 5.11 Å². The Morgan fingerprint density at radius 1 is 0.806 bits per heavy atom. The largest absolute Gasteiger partial charge is 0.478 e. The second kappa shape index (κ2) is 7.99. The molecule has 6 heteroatoms. The molecule has 1 N–H and O–H groups in total. The second-order valence-corrected chi connectivity index (χ2v) is 7.44. The minimum absolute atomic E-state index is 0.0690. The standard InChI is InChI=1S/C25H19NO5/c1-15-6-5-9-19(14-15)26-20(16-10-12-18(13-11-16)25(30)31)23(28)24(29)21(26)22(27)17-7-3-2-4-8-17/h2-14,20-21H,1H3,(H,30,31). The lowest BCUT2D eigenvalue weighted by atomic mass is 10.00. The van der Waals surface area contributed by atoms with Crippen molar-refractivity contribution >= 4 is 29.0 Å². The highest BCUT2D eigenvalue weighted by molar-refractivity contribution is 6.50. The highest BCUT2D eigenvalue weighted by Gasteiger charge is 2.51. The van der Waals surface area contributed by atoms with Gasteiger partial charge in [-0.1, -0.05) is 54.6 Å². The summed E-state index contributed by atoms with van der Waals surface area (Å²) in [5.41, 5.74) is 2.34. The van der Waals surface area contributed by atoms with Crippen LogP contribution >= 0.6 is 0 Å². The van der Waals surface area contributed by atoms with E-state index in [-0.39, 0.29) is 5.56 Å². The Morgan fingerprint density at radius 2 is 1.48 bits per heavy atom. The van der Waals surface area contributed by atoms with Crippen LogP contribution in [-0.2, 0) is 9.59 Å². The van der Waals surface area contributed by atoms with Crippen molar-refractivity contribution in [2.24, 2.45) is 0 Å². The van der Waals surface area contributed by atoms with E-state index in [0.717, 1.165) is 5.56 Å². The molecular formula is C25H19NO5. The van der Waals surface area contributed by atoms with Gasteiger partial charge in [-0.15, -0.1) is 0 Å². The maximum absolute atomic E-state index is 13.3. The summed E-state index contributed by atoms with van der Waals surface area (Å²) in [6.45, 7) is 1.88. The van der Waals surface area contributed by atoms with Gasteiger partial charge >= 0.3 is 5.97 Å². The summed E-state index contributed by atoms with van der Waals surface area (Å²) in [7, 11) is 0. The molecule has 1 aliphatic rings. The number of aromatic carboxylic acids is 1. The zero-order valence-electron chi connectivity index (χ0n) is 16.7. The van der Waals surface area contributed by atoms with Crippen molar-refractivity contribution < 1.29 is 24.3 Å². The van der Waals surface area contributed by atoms with Crippen molar-refractivity contribution in [3.8, 4) is 0 Å². The first-order valence-electron chi connectivity index (χ1n) is 9.74. The summed E-state index contributed by atoms with van der Waals surface area (Å²) < 4.78 is 0. The molecule has 0 aliphatic carbocycles. The third kappa shape index (κ3) is 3.64. The molecule has 1 fully saturated rings. The number of carbonyl (C=O) groups is 4. The van der Waals surface area contributed by atoms with E-state index >= 15 is 0 Å². The van der Waals surface area contributed by atoms with Crippen molar-refractivity contribution in [2.45, 2.75) is 19.0 Å². The molecule has 3 aromatic carbocycles. The molecule has 0 spiro atoms. The van der Waals surface area contributed by atoms with E-state index < -0.39 is 35.4 Å². The molecule has 0 aromatic heterocycles. The minimum Gasteiger partial charge on any atom is -0.478 e. The van der Waals surface area contributed by atoms with Gasteiger partial charge in [0.15, 0.2) is 11.8 Å². The van der Waals surface area contributed by atoms with Gasteiger partial charge in [0, 0.05) is 11.3 Å². The van der Waals surface area contributed by atoms with Gasteiger partial charge in [-0.05, 0) is 42.3 Å². The number of carboxylic acids is 1. The van der Waals surface area contributed by atoms with Gasteiger partial charge in [-0.3, -0.25) is 14.4 Å². The smallest absolute Gasteiger partial charge is 0.335 e. The normalized spacial score (nSPS) is 18.3. The fourth-order valence-electron chi connectivity index (χ4n) is 3.88. The average Bonchev–Trinajstić information content (AvgIpc) is 3.04. The Bertz CT molecular complexity index is 1180. The van der Waals surface area contributed by atoms with Crippen molar-refractivity contribution in [1.82, 2.24) is 0 Å². The van der Waals surface area contributed by atoms with Crippen molar-refractivity contribution in [1.29, 1.82) is 0 Å². The number of Topliss-reactive ketones (excluding diaryl/α,β-unsaturated/α-hetero) is 3. The van der Waals surface area contributed by atoms with Crippen LogP contribution in [0.2, 0.25) is 0 Å². The van der Waals surface area contributed by atoms with Crippen LogP contribution in [0.15, 0.2) is 78.9 Å². The molecule has 31 heavy (non-hydrogen) atoms. The summed E-state index contributed by atoms with van der Waals surface area (Å²) in [6, 6.07) is 19.1. The summed E-state index contributed by atoms with van der Waals surface area (Å²) in [5.74, 6) is -3.01. The summed E-state index contributed by atoms with van der Waals surface area (Å²) in [4.78, 5) is 52.2. The van der Waals surface area contributed by atoms with Gasteiger partial charge in [-0.25, -0.2) is 4.79 Å². The predicted molar refractivity (Wildman–Crippen MR) is 114 cm³/mol. The van der Waals surface area contributed by atoms with Gasteiger partial charge in [-0.2, -0.15) is 0 Å². The number of hydrogen-bond donors (Lipinski definition) is 1. The van der Waals surface area contributed by atoms with Crippen LogP contribution in [0.3, 0.4) is 0 Å². The lowest BCUT2D eigenvalue weighted by Gasteiger charge is -2.30. The van der Waals surface area contributed by atoms with Crippen LogP contribution in [0.25, 0.3) is 0 Å². The number of benzene rings is 3. The maximum Gasteiger partial charge on any atom is 0.335 e. The van der Waals surface area contributed by atoms with Crippen LogP contribution in [0.4, 0.5) is 5.69 Å². The molecule has 1 heterocycles. The highest BCUT2D eigenvalue weighted by Crippen LogP contribution is 2.37. The number of carboxylic acid groups (broad SMARTS) is 1. The predicted octanol–water partition coefficient (Wildman–Crippen LogP) is 3.64. The summed E-state index contributed by atoms with van der Waals surface area (Å²) in [6.07, 6.45) is 0. The Labute approximate surface area is 178 Å². The Balaban J connectivity index is 1.85. The topological polar surface area (TPSA) is 91.8 Å². The van der Waals surface area contributed by atoms with Crippen molar-refractivity contribution in [3.05, 3.63) is 101 Å². The Hall–Kier alpha value is -4.06. The molecule has 2 atom stereocenters. The number of ketones is 3. The molecule has 154 valence electrons. The zero-order valence-corrected chi connectivity index (χ0v) is 16.7. The lowest BCUT2D eigenvalue weighted by Crippen LogP contribution is -2.41. The van der Waals surface area contributed by atoms with E-state index in [1.54, 1.807) is 47.4 Å². The number of nitrogens with zero attached hydrogens (tertiary/aromatic N) is 1. The molecule has 0 amide bonds. The van der Waals surface area contributed by atoms with E-state index in [0.29, 0.717) is 16.8 Å². The monoisotopic (exact) mass is 413 g/mol. The molecule has 1 aliphatic heterocycles. The van der Waals surface area contributed by atoms with E-state index in [1.807, 2.05) is 19.1 Å². The number of carbonyl (C=O) groups excluding carboxylic acids is 3. The molecule has 0 radical (unpaired) electrons. The molecule has 4 rings (SSSR count). The molecule has 0 saturated carbocycles. The summed E-state index contributed by atoms with van der Waals surface area (Å²) >= 11 is 0. The van der Waals surface area contributed by atoms with E-state index in [1.165, 1.54) is 24.3 Å². The van der Waals surface area contributed by atoms with Crippen LogP contribution < -0.4 is 4.90 Å². The quantitative estimate of drug-likeness (QED) is 0.390. The third-order valence-electron chi connectivity index (χ3n) is 5.38. The molecule has 2 unspecified atom stereocenters. The minimum atomic E-state index is -1.29. The highest BCUT2D eigenvalue weighted by atomic mass is 16.4. The number of aryl methyl sites for hydroxylation is 1. The molecule has 0 bridgehead atoms. The number of anilines is 1. The maximum atomic E-state index is 13.3. The Kier molecular flexibility index (Phi) is 5.21. The molecular weight excluding hydrogens is 394 g/mol. The van der Waals surface area contributed by atoms with E-state index in [9.17, 15) is 19.2 Å². The van der Waals surface area contributed by atoms with Gasteiger partial charge < -0.3 is 10.0 Å². The van der Waals surface area contributed by atoms with Gasteiger partial charge in [0.1, 0.15) is 6.04 Å². The van der Waals surface area contributed by atoms with Crippen molar-refractivity contribution in [2.75, 3.05) is 4.90 Å². The fourth-order valence-corrected chi connectivity index (χ4v) is 3.88. The lowest BCUT2D eigenvalue weighted by molar-refractivity contribution is -0.134. The molecule has 3 aromatic rings. The second-order valence-electron chi connectivity index (χ2n) is 7.44. The van der Waals surface area contributed by atoms with Crippen LogP contribution in [-0.4, -0.2) is 34.5 Å². The van der Waals surface area contributed by atoms with Crippen LogP contribution in [0, 0.1) is 6.92 Å². The summed E-state index contributed by atoms with van der Waals surface area (Å²) in [5, 5.41) is 9.16. The van der Waals surface area contributed by atoms with Gasteiger partial charge in [0.25, 0.3) is 0 Å². The van der Waals surface area contributed by atoms with Crippen LogP contribution in [0.1, 0.15) is 37.9 Å². The van der Waals surface area contributed by atoms with Crippen molar-refractivity contribution in [3.63, 3.8) is 0 Å². The third-order valence-corrected chi connectivity index (χ3v) is 5.38. The average molecular weight is 413 g/mol. The first-order valence-corrected chi connectivity index (χ1v) is 9.74. The van der Waals surface area contributed by atoms with Gasteiger partial charge in [0.2, 0.25) is 11.6 Å². The van der Waals surface area contributed by atoms with Gasteiger partial charge in [0.05, 0.1) is 5.56 Å². The van der Waals surface area contributed by atoms with Crippen LogP contribution in [0.5, 0.6) is 0 Å². The molecule has 6 nitrogen and oxygen atoms in total. The van der Waals surface area contributed by atoms with E-state index in [2.05, 4.69) is 0 Å². The zero-order chi connectivity index (χ0) is 22.1. The Morgan fingerprint density at radius 3 is 2.10 bits per heavy atom. The number of rotatable bonds is 5. The number of hydrogen-bond acceptors (Lipinski definition) is 5.